The van der Waals surface area contributed by atoms with Gasteiger partial charge in [-0.2, -0.15) is 0 Å². The van der Waals surface area contributed by atoms with Crippen molar-refractivity contribution in [3.05, 3.63) is 0 Å². The van der Waals surface area contributed by atoms with Crippen LogP contribution >= 0.6 is 0 Å². The van der Waals surface area contributed by atoms with Gasteiger partial charge in [0.05, 0.1) is 36.4 Å². The number of nitrogens with two attached hydrogens (primary N) is 1. The van der Waals surface area contributed by atoms with Gasteiger partial charge in [0.1, 0.15) is 12.3 Å². The highest BCUT2D eigenvalue weighted by atomic mass is 16.7. The van der Waals surface area contributed by atoms with Crippen molar-refractivity contribution in [1.29, 1.82) is 0 Å². The minimum Gasteiger partial charge on any atom is -0.481 e. The maximum Gasteiger partial charge on any atom is 0.303 e. The molecular formula is C31H52N2O7. The second-order valence-corrected chi connectivity index (χ2v) is 15.0. The Labute approximate surface area is 239 Å². The Kier molecular flexibility index (Phi) is 7.42. The van der Waals surface area contributed by atoms with E-state index in [0.717, 1.165) is 51.4 Å². The van der Waals surface area contributed by atoms with Crippen molar-refractivity contribution in [2.45, 2.75) is 134 Å². The summed E-state index contributed by atoms with van der Waals surface area (Å²) < 4.78 is 19.3. The molecule has 6 aliphatic rings. The summed E-state index contributed by atoms with van der Waals surface area (Å²) in [7, 11) is 3.74. The monoisotopic (exact) mass is 564 g/mol. The van der Waals surface area contributed by atoms with Crippen molar-refractivity contribution in [2.75, 3.05) is 14.1 Å². The fourth-order valence-corrected chi connectivity index (χ4v) is 11.2. The molecule has 0 aromatic carbocycles. The molecule has 5 N–H and O–H groups in total. The van der Waals surface area contributed by atoms with E-state index in [1.807, 2.05) is 25.9 Å². The van der Waals surface area contributed by atoms with E-state index in [4.69, 9.17) is 19.9 Å². The lowest BCUT2D eigenvalue weighted by atomic mass is 9.42. The van der Waals surface area contributed by atoms with Gasteiger partial charge >= 0.3 is 5.97 Å². The van der Waals surface area contributed by atoms with Crippen LogP contribution in [0.25, 0.3) is 0 Å². The normalized spacial score (nSPS) is 55.8. The van der Waals surface area contributed by atoms with E-state index >= 15 is 0 Å². The summed E-state index contributed by atoms with van der Waals surface area (Å²) >= 11 is 0. The molecule has 0 aromatic rings. The highest BCUT2D eigenvalue weighted by Crippen LogP contribution is 2.73. The van der Waals surface area contributed by atoms with Crippen LogP contribution in [0, 0.1) is 40.4 Å². The quantitative estimate of drug-likeness (QED) is 0.372. The number of nitrogens with zero attached hydrogens (tertiary/aromatic N) is 1. The van der Waals surface area contributed by atoms with Crippen LogP contribution < -0.4 is 5.73 Å². The molecule has 0 aromatic heterocycles. The number of carboxylic acid groups (broad SMARTS) is 1. The Morgan fingerprint density at radius 1 is 1.00 bits per heavy atom. The highest BCUT2D eigenvalue weighted by molar-refractivity contribution is 5.67. The summed E-state index contributed by atoms with van der Waals surface area (Å²) in [5.41, 5.74) is 6.56. The molecule has 2 heterocycles. The third kappa shape index (κ3) is 4.16. The van der Waals surface area contributed by atoms with Gasteiger partial charge in [-0.1, -0.05) is 13.8 Å². The van der Waals surface area contributed by atoms with Crippen LogP contribution in [0.3, 0.4) is 0 Å². The molecule has 2 aliphatic heterocycles. The largest absolute Gasteiger partial charge is 0.481 e. The molecule has 4 aliphatic carbocycles. The van der Waals surface area contributed by atoms with Crippen LogP contribution in [0.1, 0.15) is 85.0 Å². The summed E-state index contributed by atoms with van der Waals surface area (Å²) in [6, 6.07) is -0.430. The number of ether oxygens (including phenoxy) is 3. The van der Waals surface area contributed by atoms with E-state index in [-0.39, 0.29) is 34.9 Å². The molecule has 0 radical (unpaired) electrons. The van der Waals surface area contributed by atoms with Gasteiger partial charge in [0.25, 0.3) is 0 Å². The SMILES string of the molecule is C[C@@H]1O[C@@H](O[C@H]2CC[C@@]3(C)[C@H](CC[C@@H]4[C@@H]3CC[C@]3(C)[C@@H]5CC[C@]43O[C@H](N)[C@@H]5CC(=O)O)C2)[C@H](O)[C@@H](N(C)C)[C@H]1O. The Morgan fingerprint density at radius 2 is 1.73 bits per heavy atom. The summed E-state index contributed by atoms with van der Waals surface area (Å²) in [6.45, 7) is 6.73. The zero-order chi connectivity index (χ0) is 28.8. The molecular weight excluding hydrogens is 512 g/mol. The zero-order valence-electron chi connectivity index (χ0n) is 25.0. The van der Waals surface area contributed by atoms with Crippen molar-refractivity contribution < 1.29 is 34.3 Å². The van der Waals surface area contributed by atoms with Gasteiger partial charge in [-0.25, -0.2) is 0 Å². The predicted octanol–water partition coefficient (Wildman–Crippen LogP) is 2.96. The first-order valence-electron chi connectivity index (χ1n) is 15.8. The van der Waals surface area contributed by atoms with Crippen LogP contribution in [-0.4, -0.2) is 88.9 Å². The minimum absolute atomic E-state index is 0.00758. The van der Waals surface area contributed by atoms with Gasteiger partial charge in [0.15, 0.2) is 6.29 Å². The smallest absolute Gasteiger partial charge is 0.303 e. The number of carboxylic acids is 1. The Balaban J connectivity index is 1.17. The molecule has 2 bridgehead atoms. The number of carbonyl (C=O) groups is 1. The number of aliphatic carboxylic acids is 1. The van der Waals surface area contributed by atoms with E-state index < -0.39 is 42.8 Å². The number of fused-ring (bicyclic) bond motifs is 3. The van der Waals surface area contributed by atoms with E-state index in [1.165, 1.54) is 6.42 Å². The number of hydrogen-bond donors (Lipinski definition) is 4. The molecule has 15 atom stereocenters. The van der Waals surface area contributed by atoms with Crippen LogP contribution in [0.5, 0.6) is 0 Å². The number of aliphatic hydroxyl groups is 2. The number of likely N-dealkylation sites (N-methyl/N-ethyl adjacent to an activating group) is 1. The van der Waals surface area contributed by atoms with Gasteiger partial charge < -0.3 is 40.2 Å². The second kappa shape index (κ2) is 10.1. The molecule has 0 unspecified atom stereocenters. The zero-order valence-corrected chi connectivity index (χ0v) is 25.0. The average molecular weight is 565 g/mol. The van der Waals surface area contributed by atoms with Crippen molar-refractivity contribution >= 4 is 5.97 Å². The summed E-state index contributed by atoms with van der Waals surface area (Å²) in [6.07, 6.45) is 6.28. The fraction of sp³-hybridized carbons (Fsp3) is 0.968. The standard InChI is InChI=1S/C31H52N2O7/c1-16-25(36)24(33(4)5)26(37)28(38-16)39-18-8-11-29(2)17(14-18)6-7-22-21(29)9-12-30(3)20-10-13-31(22,30)40-27(32)19(20)15-23(34)35/h16-22,24-28,36-37H,6-15,32H2,1-5H3,(H,34,35)/t16-,17+,18-,19+,20+,21-,22+,24-,25-,26+,27-,28-,29-,30+,31-/m0/s1. The van der Waals surface area contributed by atoms with Crippen LogP contribution in [0.4, 0.5) is 0 Å². The van der Waals surface area contributed by atoms with Crippen molar-refractivity contribution in [1.82, 2.24) is 4.90 Å². The molecule has 40 heavy (non-hydrogen) atoms. The second-order valence-electron chi connectivity index (χ2n) is 15.0. The van der Waals surface area contributed by atoms with Gasteiger partial charge in [-0.15, -0.1) is 0 Å². The molecule has 6 fully saturated rings. The lowest BCUT2D eigenvalue weighted by Gasteiger charge is -2.67. The van der Waals surface area contributed by atoms with E-state index in [1.54, 1.807) is 0 Å². The molecule has 0 amide bonds. The predicted molar refractivity (Wildman–Crippen MR) is 148 cm³/mol. The van der Waals surface area contributed by atoms with Crippen LogP contribution in [0.15, 0.2) is 0 Å². The molecule has 2 saturated heterocycles. The minimum atomic E-state index is -0.909. The fourth-order valence-electron chi connectivity index (χ4n) is 11.2. The third-order valence-electron chi connectivity index (χ3n) is 13.3. The average Bonchev–Trinajstić information content (AvgIpc) is 3.09. The molecule has 9 nitrogen and oxygen atoms in total. The molecule has 228 valence electrons. The summed E-state index contributed by atoms with van der Waals surface area (Å²) in [5, 5.41) is 31.2. The number of rotatable bonds is 5. The van der Waals surface area contributed by atoms with Gasteiger partial charge in [-0.3, -0.25) is 4.79 Å². The first-order valence-corrected chi connectivity index (χ1v) is 15.8. The van der Waals surface area contributed by atoms with Crippen molar-refractivity contribution in [2.24, 2.45) is 46.2 Å². The maximum atomic E-state index is 11.7. The van der Waals surface area contributed by atoms with E-state index in [9.17, 15) is 20.1 Å². The Hall–Kier alpha value is -0.810. The maximum absolute atomic E-state index is 11.7. The molecule has 9 heteroatoms. The van der Waals surface area contributed by atoms with Gasteiger partial charge in [0, 0.05) is 11.3 Å². The third-order valence-corrected chi connectivity index (χ3v) is 13.3. The van der Waals surface area contributed by atoms with E-state index in [0.29, 0.717) is 23.7 Å². The highest BCUT2D eigenvalue weighted by Gasteiger charge is 2.72. The van der Waals surface area contributed by atoms with Crippen LogP contribution in [-0.2, 0) is 19.0 Å². The number of aliphatic hydroxyl groups excluding tert-OH is 2. The molecule has 0 spiro atoms. The first kappa shape index (κ1) is 29.3. The Morgan fingerprint density at radius 3 is 2.42 bits per heavy atom. The topological polar surface area (TPSA) is 135 Å². The van der Waals surface area contributed by atoms with Gasteiger partial charge in [-0.05, 0) is 108 Å². The van der Waals surface area contributed by atoms with Crippen LogP contribution in [0.2, 0.25) is 0 Å². The van der Waals surface area contributed by atoms with E-state index in [2.05, 4.69) is 13.8 Å². The lowest BCUT2D eigenvalue weighted by molar-refractivity contribution is -0.305. The first-order chi connectivity index (χ1) is 18.8. The molecule has 4 saturated carbocycles. The number of hydrogen-bond acceptors (Lipinski definition) is 8. The summed E-state index contributed by atoms with van der Waals surface area (Å²) in [4.78, 5) is 13.5. The Bertz CT molecular complexity index is 981. The van der Waals surface area contributed by atoms with Gasteiger partial charge in [0.2, 0.25) is 0 Å². The lowest BCUT2D eigenvalue weighted by Crippen LogP contribution is -2.68. The summed E-state index contributed by atoms with van der Waals surface area (Å²) in [5.74, 6) is 0.988. The van der Waals surface area contributed by atoms with Crippen molar-refractivity contribution in [3.63, 3.8) is 0 Å². The van der Waals surface area contributed by atoms with Crippen molar-refractivity contribution in [3.8, 4) is 0 Å². The molecule has 6 rings (SSSR count).